The van der Waals surface area contributed by atoms with Crippen LogP contribution in [0.2, 0.25) is 0 Å². The predicted molar refractivity (Wildman–Crippen MR) is 111 cm³/mol. The summed E-state index contributed by atoms with van der Waals surface area (Å²) in [6.07, 6.45) is 15.8. The molecule has 0 spiro atoms. The fourth-order valence-electron chi connectivity index (χ4n) is 3.75. The number of rotatable bonds is 10. The Kier molecular flexibility index (Phi) is 8.93. The molecule has 0 amide bonds. The van der Waals surface area contributed by atoms with Crippen LogP contribution in [0.3, 0.4) is 0 Å². The third kappa shape index (κ3) is 7.42. The first-order chi connectivity index (χ1) is 13.0. The highest BCUT2D eigenvalue weighted by Crippen LogP contribution is 2.39. The molecule has 0 aliphatic heterocycles. The summed E-state index contributed by atoms with van der Waals surface area (Å²) >= 11 is 6.53. The molecule has 2 N–H and O–H groups in total. The molecule has 0 bridgehead atoms. The van der Waals surface area contributed by atoms with E-state index < -0.39 is 5.97 Å². The number of carbonyl (C=O) groups is 1. The van der Waals surface area contributed by atoms with E-state index in [1.807, 2.05) is 19.1 Å². The average molecular weight is 391 g/mol. The maximum Gasteiger partial charge on any atom is 0.303 e. The molecule has 148 valence electrons. The Balaban J connectivity index is 1.76. The zero-order chi connectivity index (χ0) is 19.6. The lowest BCUT2D eigenvalue weighted by Crippen LogP contribution is -2.12. The third-order valence-corrected chi connectivity index (χ3v) is 5.91. The molecule has 3 nitrogen and oxygen atoms in total. The Hall–Kier alpha value is -1.74. The summed E-state index contributed by atoms with van der Waals surface area (Å²) < 4.78 is 0. The number of carboxylic acids is 1. The lowest BCUT2D eigenvalue weighted by Gasteiger charge is -2.17. The number of allylic oxidation sites excluding steroid dienone is 4. The largest absolute Gasteiger partial charge is 0.508 e. The van der Waals surface area contributed by atoms with Gasteiger partial charge in [-0.1, -0.05) is 36.4 Å². The summed E-state index contributed by atoms with van der Waals surface area (Å²) in [5.74, 6) is 0.618. The molecule has 1 aromatic carbocycles. The first-order valence-corrected chi connectivity index (χ1v) is 10.4. The highest BCUT2D eigenvalue weighted by molar-refractivity contribution is 6.21. The van der Waals surface area contributed by atoms with Gasteiger partial charge in [-0.2, -0.15) is 0 Å². The Labute approximate surface area is 167 Å². The number of phenolic OH excluding ortho intramolecular Hbond substituents is 1. The van der Waals surface area contributed by atoms with Crippen LogP contribution in [0.4, 0.5) is 0 Å². The molecular formula is C23H31ClO3. The highest BCUT2D eigenvalue weighted by Gasteiger charge is 2.32. The molecule has 1 aliphatic rings. The van der Waals surface area contributed by atoms with Gasteiger partial charge in [-0.15, -0.1) is 11.6 Å². The Morgan fingerprint density at radius 3 is 2.78 bits per heavy atom. The van der Waals surface area contributed by atoms with Crippen molar-refractivity contribution in [1.29, 1.82) is 0 Å². The van der Waals surface area contributed by atoms with Crippen LogP contribution >= 0.6 is 11.6 Å². The fourth-order valence-corrected chi connectivity index (χ4v) is 4.16. The Morgan fingerprint density at radius 1 is 1.22 bits per heavy atom. The van der Waals surface area contributed by atoms with Crippen molar-refractivity contribution in [2.24, 2.45) is 11.8 Å². The van der Waals surface area contributed by atoms with Gasteiger partial charge in [0.05, 0.1) is 0 Å². The van der Waals surface area contributed by atoms with Gasteiger partial charge in [-0.25, -0.2) is 0 Å². The van der Waals surface area contributed by atoms with E-state index in [2.05, 4.69) is 24.3 Å². The van der Waals surface area contributed by atoms with E-state index in [1.165, 1.54) is 5.56 Å². The molecule has 4 heteroatoms. The molecule has 1 saturated carbocycles. The molecule has 27 heavy (non-hydrogen) atoms. The maximum absolute atomic E-state index is 10.5. The zero-order valence-electron chi connectivity index (χ0n) is 16.1. The molecule has 1 aromatic rings. The second-order valence-corrected chi connectivity index (χ2v) is 8.06. The van der Waals surface area contributed by atoms with Gasteiger partial charge in [0.25, 0.3) is 0 Å². The van der Waals surface area contributed by atoms with E-state index in [1.54, 1.807) is 6.07 Å². The van der Waals surface area contributed by atoms with Crippen LogP contribution in [-0.2, 0) is 11.2 Å². The van der Waals surface area contributed by atoms with Crippen molar-refractivity contribution in [3.8, 4) is 5.75 Å². The number of alkyl halides is 1. The minimum atomic E-state index is -0.729. The van der Waals surface area contributed by atoms with Gasteiger partial charge in [0.15, 0.2) is 0 Å². The SMILES string of the molecule is Cc1cc(CC/C=C/C2CCC(Cl)[C@@H]2C/C=C\CCCC(=O)O)ccc1O. The molecule has 2 rings (SSSR count). The van der Waals surface area contributed by atoms with Crippen molar-refractivity contribution >= 4 is 17.6 Å². The highest BCUT2D eigenvalue weighted by atomic mass is 35.5. The van der Waals surface area contributed by atoms with Crippen LogP contribution in [-0.4, -0.2) is 21.6 Å². The quantitative estimate of drug-likeness (QED) is 0.291. The number of aliphatic carboxylic acids is 1. The Morgan fingerprint density at radius 2 is 2.04 bits per heavy atom. The number of hydrogen-bond donors (Lipinski definition) is 2. The predicted octanol–water partition coefficient (Wildman–Crippen LogP) is 6.02. The third-order valence-electron chi connectivity index (χ3n) is 5.37. The summed E-state index contributed by atoms with van der Waals surface area (Å²) in [5, 5.41) is 18.5. The first-order valence-electron chi connectivity index (χ1n) is 9.93. The molecule has 1 fully saturated rings. The van der Waals surface area contributed by atoms with Crippen LogP contribution in [0.25, 0.3) is 0 Å². The minimum absolute atomic E-state index is 0.225. The van der Waals surface area contributed by atoms with Crippen molar-refractivity contribution in [3.05, 3.63) is 53.6 Å². The van der Waals surface area contributed by atoms with E-state index in [0.717, 1.165) is 44.1 Å². The number of aromatic hydroxyl groups is 1. The second-order valence-electron chi connectivity index (χ2n) is 7.50. The van der Waals surface area contributed by atoms with E-state index >= 15 is 0 Å². The lowest BCUT2D eigenvalue weighted by atomic mass is 9.91. The van der Waals surface area contributed by atoms with Gasteiger partial charge < -0.3 is 10.2 Å². The van der Waals surface area contributed by atoms with Crippen LogP contribution in [0.5, 0.6) is 5.75 Å². The van der Waals surface area contributed by atoms with Crippen molar-refractivity contribution in [3.63, 3.8) is 0 Å². The lowest BCUT2D eigenvalue weighted by molar-refractivity contribution is -0.137. The number of hydrogen-bond acceptors (Lipinski definition) is 2. The molecule has 0 aromatic heterocycles. The second kappa shape index (κ2) is 11.2. The first kappa shape index (κ1) is 21.6. The Bertz CT molecular complexity index is 666. The van der Waals surface area contributed by atoms with Crippen LogP contribution in [0.1, 0.15) is 56.1 Å². The molecule has 1 aliphatic carbocycles. The van der Waals surface area contributed by atoms with E-state index in [9.17, 15) is 9.90 Å². The van der Waals surface area contributed by atoms with Crippen molar-refractivity contribution in [2.75, 3.05) is 0 Å². The van der Waals surface area contributed by atoms with Gasteiger partial charge in [-0.3, -0.25) is 4.79 Å². The van der Waals surface area contributed by atoms with E-state index in [4.69, 9.17) is 16.7 Å². The molecule has 3 atom stereocenters. The number of benzene rings is 1. The molecule has 0 radical (unpaired) electrons. The smallest absolute Gasteiger partial charge is 0.303 e. The average Bonchev–Trinajstić information content (AvgIpc) is 2.97. The maximum atomic E-state index is 10.5. The van der Waals surface area contributed by atoms with Gasteiger partial charge in [-0.05, 0) is 80.9 Å². The van der Waals surface area contributed by atoms with Crippen LogP contribution < -0.4 is 0 Å². The topological polar surface area (TPSA) is 57.5 Å². The van der Waals surface area contributed by atoms with Gasteiger partial charge in [0.2, 0.25) is 0 Å². The summed E-state index contributed by atoms with van der Waals surface area (Å²) in [6, 6.07) is 5.80. The monoisotopic (exact) mass is 390 g/mol. The summed E-state index contributed by atoms with van der Waals surface area (Å²) in [6.45, 7) is 1.92. The summed E-state index contributed by atoms with van der Waals surface area (Å²) in [7, 11) is 0. The molecule has 2 unspecified atom stereocenters. The zero-order valence-corrected chi connectivity index (χ0v) is 16.9. The van der Waals surface area contributed by atoms with Crippen molar-refractivity contribution < 1.29 is 15.0 Å². The summed E-state index contributed by atoms with van der Waals surface area (Å²) in [4.78, 5) is 10.5. The van der Waals surface area contributed by atoms with E-state index in [0.29, 0.717) is 24.0 Å². The normalized spacial score (nSPS) is 22.8. The van der Waals surface area contributed by atoms with Crippen LogP contribution in [0, 0.1) is 18.8 Å². The fraction of sp³-hybridized carbons (Fsp3) is 0.522. The summed E-state index contributed by atoms with van der Waals surface area (Å²) in [5.41, 5.74) is 2.17. The molecule has 0 saturated heterocycles. The number of unbranched alkanes of at least 4 members (excludes halogenated alkanes) is 1. The van der Waals surface area contributed by atoms with Gasteiger partial charge in [0.1, 0.15) is 5.75 Å². The minimum Gasteiger partial charge on any atom is -0.508 e. The number of halogens is 1. The van der Waals surface area contributed by atoms with Crippen LogP contribution in [0.15, 0.2) is 42.5 Å². The standard InChI is InChI=1S/C23H31ClO3/c1-17-16-18(12-15-22(17)25)8-6-7-9-19-13-14-21(24)20(19)10-4-2-3-5-11-23(26)27/h2,4,7,9,12,15-16,19-21,25H,3,5-6,8,10-11,13-14H2,1H3,(H,26,27)/b4-2-,9-7+/t19?,20-,21?/m1/s1. The molecular weight excluding hydrogens is 360 g/mol. The van der Waals surface area contributed by atoms with Crippen molar-refractivity contribution in [1.82, 2.24) is 0 Å². The number of phenols is 1. The van der Waals surface area contributed by atoms with Crippen molar-refractivity contribution in [2.45, 2.75) is 63.7 Å². The van der Waals surface area contributed by atoms with E-state index in [-0.39, 0.29) is 11.8 Å². The van der Waals surface area contributed by atoms with Gasteiger partial charge in [0, 0.05) is 11.8 Å². The molecule has 0 heterocycles. The number of carboxylic acid groups (broad SMARTS) is 1. The number of aryl methyl sites for hydroxylation is 2. The van der Waals surface area contributed by atoms with Gasteiger partial charge >= 0.3 is 5.97 Å².